The van der Waals surface area contributed by atoms with E-state index in [-0.39, 0.29) is 13.2 Å². The minimum atomic E-state index is -0.427. The first-order valence-corrected chi connectivity index (χ1v) is 6.22. The topological polar surface area (TPSA) is 53.2 Å². The molecule has 0 atom stereocenters. The standard InChI is InChI=1S/C15H11ClFNO2/c16-14-5-10(8-19)1-4-15(14)20-9-12-6-13(17)3-2-11(12)7-18/h1-6,19H,8-9H2. The van der Waals surface area contributed by atoms with E-state index in [9.17, 15) is 4.39 Å². The van der Waals surface area contributed by atoms with Crippen molar-refractivity contribution < 1.29 is 14.2 Å². The van der Waals surface area contributed by atoms with Crippen molar-refractivity contribution >= 4 is 11.6 Å². The van der Waals surface area contributed by atoms with E-state index in [0.29, 0.717) is 27.5 Å². The van der Waals surface area contributed by atoms with Crippen molar-refractivity contribution in [2.75, 3.05) is 0 Å². The van der Waals surface area contributed by atoms with Gasteiger partial charge < -0.3 is 9.84 Å². The lowest BCUT2D eigenvalue weighted by molar-refractivity contribution is 0.280. The fraction of sp³-hybridized carbons (Fsp3) is 0.133. The van der Waals surface area contributed by atoms with Crippen LogP contribution in [0.25, 0.3) is 0 Å². The molecule has 0 fully saturated rings. The van der Waals surface area contributed by atoms with Gasteiger partial charge in [0.15, 0.2) is 0 Å². The number of aliphatic hydroxyl groups excluding tert-OH is 1. The number of nitriles is 1. The summed E-state index contributed by atoms with van der Waals surface area (Å²) in [5.74, 6) is -0.0126. The van der Waals surface area contributed by atoms with Crippen molar-refractivity contribution in [2.45, 2.75) is 13.2 Å². The molecular formula is C15H11ClFNO2. The average molecular weight is 292 g/mol. The highest BCUT2D eigenvalue weighted by molar-refractivity contribution is 6.32. The molecule has 1 N–H and O–H groups in total. The SMILES string of the molecule is N#Cc1ccc(F)cc1COc1ccc(CO)cc1Cl. The molecule has 0 heterocycles. The Morgan fingerprint density at radius 2 is 2.05 bits per heavy atom. The molecule has 5 heteroatoms. The Balaban J connectivity index is 2.17. The smallest absolute Gasteiger partial charge is 0.138 e. The molecule has 0 aliphatic carbocycles. The molecular weight excluding hydrogens is 281 g/mol. The molecule has 0 aliphatic rings. The van der Waals surface area contributed by atoms with Crippen molar-refractivity contribution in [3.63, 3.8) is 0 Å². The van der Waals surface area contributed by atoms with Crippen LogP contribution in [0.15, 0.2) is 36.4 Å². The molecule has 0 aromatic heterocycles. The first-order valence-electron chi connectivity index (χ1n) is 5.84. The van der Waals surface area contributed by atoms with Gasteiger partial charge >= 0.3 is 0 Å². The van der Waals surface area contributed by atoms with E-state index in [4.69, 9.17) is 26.7 Å². The Bertz CT molecular complexity index is 667. The van der Waals surface area contributed by atoms with E-state index >= 15 is 0 Å². The zero-order chi connectivity index (χ0) is 14.5. The van der Waals surface area contributed by atoms with E-state index < -0.39 is 5.82 Å². The molecule has 2 aromatic carbocycles. The van der Waals surface area contributed by atoms with Gasteiger partial charge in [-0.15, -0.1) is 0 Å². The Hall–Kier alpha value is -2.09. The molecule has 0 aliphatic heterocycles. The van der Waals surface area contributed by atoms with Crippen LogP contribution in [0, 0.1) is 17.1 Å². The summed E-state index contributed by atoms with van der Waals surface area (Å²) in [4.78, 5) is 0. The first kappa shape index (κ1) is 14.3. The summed E-state index contributed by atoms with van der Waals surface area (Å²) in [5, 5.41) is 18.3. The largest absolute Gasteiger partial charge is 0.487 e. The minimum Gasteiger partial charge on any atom is -0.487 e. The van der Waals surface area contributed by atoms with E-state index in [1.54, 1.807) is 18.2 Å². The molecule has 2 aromatic rings. The van der Waals surface area contributed by atoms with Gasteiger partial charge in [-0.3, -0.25) is 0 Å². The lowest BCUT2D eigenvalue weighted by Crippen LogP contribution is -2.00. The number of aliphatic hydroxyl groups is 1. The zero-order valence-electron chi connectivity index (χ0n) is 10.4. The number of benzene rings is 2. The fourth-order valence-corrected chi connectivity index (χ4v) is 1.96. The Morgan fingerprint density at radius 1 is 1.25 bits per heavy atom. The summed E-state index contributed by atoms with van der Waals surface area (Å²) in [7, 11) is 0. The second kappa shape index (κ2) is 6.38. The predicted molar refractivity (Wildman–Crippen MR) is 72.8 cm³/mol. The van der Waals surface area contributed by atoms with Gasteiger partial charge in [0.25, 0.3) is 0 Å². The third kappa shape index (κ3) is 3.27. The second-order valence-electron chi connectivity index (χ2n) is 4.12. The molecule has 102 valence electrons. The predicted octanol–water partition coefficient (Wildman–Crippen LogP) is 3.42. The molecule has 0 amide bonds. The van der Waals surface area contributed by atoms with Crippen LogP contribution in [-0.2, 0) is 13.2 Å². The minimum absolute atomic E-state index is 0.0405. The van der Waals surface area contributed by atoms with Crippen LogP contribution in [0.3, 0.4) is 0 Å². The quantitative estimate of drug-likeness (QED) is 0.939. The average Bonchev–Trinajstić information content (AvgIpc) is 2.46. The zero-order valence-corrected chi connectivity index (χ0v) is 11.2. The molecule has 0 bridgehead atoms. The second-order valence-corrected chi connectivity index (χ2v) is 4.53. The van der Waals surface area contributed by atoms with Crippen LogP contribution < -0.4 is 4.74 Å². The number of hydrogen-bond acceptors (Lipinski definition) is 3. The number of rotatable bonds is 4. The summed E-state index contributed by atoms with van der Waals surface area (Å²) in [6.45, 7) is -0.0681. The van der Waals surface area contributed by atoms with Gasteiger partial charge in [0.2, 0.25) is 0 Å². The van der Waals surface area contributed by atoms with Crippen molar-refractivity contribution in [3.05, 3.63) is 63.9 Å². The van der Waals surface area contributed by atoms with Crippen molar-refractivity contribution in [1.82, 2.24) is 0 Å². The number of halogens is 2. The van der Waals surface area contributed by atoms with Gasteiger partial charge in [-0.05, 0) is 35.9 Å². The Morgan fingerprint density at radius 3 is 2.70 bits per heavy atom. The first-order chi connectivity index (χ1) is 9.63. The van der Waals surface area contributed by atoms with Gasteiger partial charge in [0.05, 0.1) is 23.3 Å². The van der Waals surface area contributed by atoms with Gasteiger partial charge in [0, 0.05) is 5.56 Å². The van der Waals surface area contributed by atoms with Crippen LogP contribution in [0.2, 0.25) is 5.02 Å². The summed E-state index contributed by atoms with van der Waals surface area (Å²) in [5.41, 5.74) is 1.48. The molecule has 0 unspecified atom stereocenters. The molecule has 0 radical (unpaired) electrons. The summed E-state index contributed by atoms with van der Waals surface area (Å²) >= 11 is 6.00. The number of ether oxygens (including phenoxy) is 1. The fourth-order valence-electron chi connectivity index (χ4n) is 1.71. The van der Waals surface area contributed by atoms with Gasteiger partial charge in [-0.1, -0.05) is 17.7 Å². The monoisotopic (exact) mass is 291 g/mol. The number of nitrogens with zero attached hydrogens (tertiary/aromatic N) is 1. The molecule has 3 nitrogen and oxygen atoms in total. The van der Waals surface area contributed by atoms with Crippen LogP contribution >= 0.6 is 11.6 Å². The molecule has 0 saturated heterocycles. The lowest BCUT2D eigenvalue weighted by Gasteiger charge is -2.10. The Labute approximate surface area is 120 Å². The van der Waals surface area contributed by atoms with E-state index in [1.165, 1.54) is 18.2 Å². The van der Waals surface area contributed by atoms with Gasteiger partial charge in [-0.2, -0.15) is 5.26 Å². The van der Waals surface area contributed by atoms with Crippen molar-refractivity contribution in [3.8, 4) is 11.8 Å². The van der Waals surface area contributed by atoms with Crippen LogP contribution in [0.5, 0.6) is 5.75 Å². The van der Waals surface area contributed by atoms with Gasteiger partial charge in [-0.25, -0.2) is 4.39 Å². The highest BCUT2D eigenvalue weighted by Gasteiger charge is 2.07. The van der Waals surface area contributed by atoms with Crippen molar-refractivity contribution in [2.24, 2.45) is 0 Å². The Kier molecular flexibility index (Phi) is 4.57. The molecule has 0 spiro atoms. The van der Waals surface area contributed by atoms with Crippen LogP contribution in [-0.4, -0.2) is 5.11 Å². The third-order valence-corrected chi connectivity index (χ3v) is 3.05. The maximum Gasteiger partial charge on any atom is 0.138 e. The summed E-state index contributed by atoms with van der Waals surface area (Å²) in [6, 6.07) is 10.8. The summed E-state index contributed by atoms with van der Waals surface area (Å²) < 4.78 is 18.7. The number of hydrogen-bond donors (Lipinski definition) is 1. The van der Waals surface area contributed by atoms with E-state index in [0.717, 1.165) is 0 Å². The van der Waals surface area contributed by atoms with E-state index in [2.05, 4.69) is 0 Å². The van der Waals surface area contributed by atoms with E-state index in [1.807, 2.05) is 6.07 Å². The maximum absolute atomic E-state index is 13.2. The highest BCUT2D eigenvalue weighted by atomic mass is 35.5. The maximum atomic E-state index is 13.2. The normalized spacial score (nSPS) is 10.1. The van der Waals surface area contributed by atoms with Crippen LogP contribution in [0.4, 0.5) is 4.39 Å². The third-order valence-electron chi connectivity index (χ3n) is 2.75. The lowest BCUT2D eigenvalue weighted by atomic mass is 10.1. The van der Waals surface area contributed by atoms with Crippen LogP contribution in [0.1, 0.15) is 16.7 Å². The van der Waals surface area contributed by atoms with Gasteiger partial charge in [0.1, 0.15) is 18.2 Å². The molecule has 20 heavy (non-hydrogen) atoms. The summed E-state index contributed by atoms with van der Waals surface area (Å²) in [6.07, 6.45) is 0. The van der Waals surface area contributed by atoms with Crippen molar-refractivity contribution in [1.29, 1.82) is 5.26 Å². The highest BCUT2D eigenvalue weighted by Crippen LogP contribution is 2.26. The molecule has 2 rings (SSSR count). The molecule has 0 saturated carbocycles.